The second-order valence-corrected chi connectivity index (χ2v) is 6.36. The van der Waals surface area contributed by atoms with E-state index in [2.05, 4.69) is 12.6 Å². The molecule has 2 saturated heterocycles. The minimum Gasteiger partial charge on any atom is -0.364 e. The third-order valence-electron chi connectivity index (χ3n) is 5.07. The molecule has 1 saturated carbocycles. The van der Waals surface area contributed by atoms with Crippen LogP contribution in [-0.4, -0.2) is 60.0 Å². The molecule has 2 heterocycles. The fourth-order valence-corrected chi connectivity index (χ4v) is 3.86. The highest BCUT2D eigenvalue weighted by Gasteiger charge is 2.50. The number of hydrogen-bond acceptors (Lipinski definition) is 4. The summed E-state index contributed by atoms with van der Waals surface area (Å²) in [6.45, 7) is 5.13. The number of nitriles is 1. The number of carbonyl (C=O) groups excluding carboxylic acids is 2. The lowest BCUT2D eigenvalue weighted by Crippen LogP contribution is -2.54. The molecule has 3 fully saturated rings. The van der Waals surface area contributed by atoms with E-state index in [9.17, 15) is 14.9 Å². The maximum absolute atomic E-state index is 12.8. The van der Waals surface area contributed by atoms with Crippen LogP contribution in [0.3, 0.4) is 0 Å². The van der Waals surface area contributed by atoms with Gasteiger partial charge in [-0.3, -0.25) is 9.59 Å². The highest BCUT2D eigenvalue weighted by atomic mass is 16.5. The molecule has 0 aromatic heterocycles. The van der Waals surface area contributed by atoms with Gasteiger partial charge in [0.25, 0.3) is 0 Å². The molecule has 118 valence electrons. The van der Waals surface area contributed by atoms with Gasteiger partial charge in [-0.05, 0) is 12.8 Å². The number of fused-ring (bicyclic) bond motifs is 1. The number of morpholine rings is 1. The Hall–Kier alpha value is -1.87. The summed E-state index contributed by atoms with van der Waals surface area (Å²) in [6.07, 6.45) is 4.68. The number of likely N-dealkylation sites (tertiary alicyclic amines) is 1. The van der Waals surface area contributed by atoms with Gasteiger partial charge in [0.05, 0.1) is 18.2 Å². The molecule has 6 nitrogen and oxygen atoms in total. The van der Waals surface area contributed by atoms with Crippen LogP contribution < -0.4 is 0 Å². The molecular formula is C16H21N3O3. The molecule has 0 spiro atoms. The topological polar surface area (TPSA) is 73.6 Å². The number of ether oxygens (including phenoxy) is 1. The third-order valence-corrected chi connectivity index (χ3v) is 5.07. The maximum atomic E-state index is 12.8. The summed E-state index contributed by atoms with van der Waals surface area (Å²) in [4.78, 5) is 28.2. The van der Waals surface area contributed by atoms with E-state index in [1.165, 1.54) is 0 Å². The zero-order valence-corrected chi connectivity index (χ0v) is 12.7. The Labute approximate surface area is 130 Å². The van der Waals surface area contributed by atoms with Gasteiger partial charge >= 0.3 is 0 Å². The Morgan fingerprint density at radius 2 is 2.18 bits per heavy atom. The molecular weight excluding hydrogens is 282 g/mol. The molecule has 3 rings (SSSR count). The first-order valence-corrected chi connectivity index (χ1v) is 7.84. The molecule has 1 aliphatic carbocycles. The lowest BCUT2D eigenvalue weighted by Gasteiger charge is -2.35. The zero-order valence-electron chi connectivity index (χ0n) is 12.7. The predicted molar refractivity (Wildman–Crippen MR) is 78.5 cm³/mol. The molecule has 0 bridgehead atoms. The molecule has 0 N–H and O–H groups in total. The average Bonchev–Trinajstić information content (AvgIpc) is 3.16. The summed E-state index contributed by atoms with van der Waals surface area (Å²) in [6, 6.07) is 2.13. The molecule has 0 unspecified atom stereocenters. The van der Waals surface area contributed by atoms with Gasteiger partial charge in [-0.2, -0.15) is 5.26 Å². The van der Waals surface area contributed by atoms with Crippen molar-refractivity contribution in [2.24, 2.45) is 5.41 Å². The fourth-order valence-electron chi connectivity index (χ4n) is 3.86. The Balaban J connectivity index is 1.76. The lowest BCUT2D eigenvalue weighted by atomic mass is 9.86. The standard InChI is InChI=1S/C16H21N3O3/c1-2-7-19-12-8-18(9-13(12)22-10-14(19)20)15(21)16(11-17)5-3-4-6-16/h2,12-13H,1,3-10H2/t12-,13-/m1/s1. The first-order valence-electron chi connectivity index (χ1n) is 7.84. The maximum Gasteiger partial charge on any atom is 0.249 e. The van der Waals surface area contributed by atoms with Crippen LogP contribution >= 0.6 is 0 Å². The van der Waals surface area contributed by atoms with Crippen molar-refractivity contribution >= 4 is 11.8 Å². The van der Waals surface area contributed by atoms with Gasteiger partial charge in [-0.15, -0.1) is 6.58 Å². The summed E-state index contributed by atoms with van der Waals surface area (Å²) in [7, 11) is 0. The van der Waals surface area contributed by atoms with E-state index in [-0.39, 0.29) is 30.6 Å². The van der Waals surface area contributed by atoms with Gasteiger partial charge in [0, 0.05) is 19.6 Å². The normalized spacial score (nSPS) is 30.0. The predicted octanol–water partition coefficient (Wildman–Crippen LogP) is 0.695. The zero-order chi connectivity index (χ0) is 15.7. The van der Waals surface area contributed by atoms with E-state index < -0.39 is 5.41 Å². The number of rotatable bonds is 3. The van der Waals surface area contributed by atoms with Crippen molar-refractivity contribution in [1.29, 1.82) is 5.26 Å². The summed E-state index contributed by atoms with van der Waals surface area (Å²) in [5.41, 5.74) is -0.860. The highest BCUT2D eigenvalue weighted by molar-refractivity contribution is 5.86. The molecule has 6 heteroatoms. The Kier molecular flexibility index (Phi) is 3.92. The Morgan fingerprint density at radius 3 is 2.82 bits per heavy atom. The van der Waals surface area contributed by atoms with Gasteiger partial charge in [0.2, 0.25) is 11.8 Å². The summed E-state index contributed by atoms with van der Waals surface area (Å²) in [5.74, 6) is -0.150. The van der Waals surface area contributed by atoms with Gasteiger partial charge in [0.15, 0.2) is 0 Å². The van der Waals surface area contributed by atoms with Crippen LogP contribution in [0.2, 0.25) is 0 Å². The average molecular weight is 303 g/mol. The highest BCUT2D eigenvalue weighted by Crippen LogP contribution is 2.40. The molecule has 22 heavy (non-hydrogen) atoms. The van der Waals surface area contributed by atoms with Crippen LogP contribution in [0.1, 0.15) is 25.7 Å². The number of nitrogens with zero attached hydrogens (tertiary/aromatic N) is 3. The van der Waals surface area contributed by atoms with E-state index in [0.29, 0.717) is 32.5 Å². The molecule has 2 aliphatic heterocycles. The molecule has 2 amide bonds. The smallest absolute Gasteiger partial charge is 0.249 e. The SMILES string of the molecule is C=CCN1C(=O)CO[C@@H]2CN(C(=O)C3(C#N)CCCC3)C[C@H]21. The molecule has 0 aromatic carbocycles. The lowest BCUT2D eigenvalue weighted by molar-refractivity contribution is -0.151. The van der Waals surface area contributed by atoms with Gasteiger partial charge in [0.1, 0.15) is 12.0 Å². The van der Waals surface area contributed by atoms with E-state index in [1.54, 1.807) is 15.9 Å². The van der Waals surface area contributed by atoms with Crippen LogP contribution in [0, 0.1) is 16.7 Å². The number of amides is 2. The van der Waals surface area contributed by atoms with Crippen molar-refractivity contribution < 1.29 is 14.3 Å². The van der Waals surface area contributed by atoms with Gasteiger partial charge < -0.3 is 14.5 Å². The number of carbonyl (C=O) groups is 2. The third kappa shape index (κ3) is 2.30. The molecule has 0 radical (unpaired) electrons. The molecule has 2 atom stereocenters. The minimum absolute atomic E-state index is 0.0560. The second kappa shape index (κ2) is 5.73. The largest absolute Gasteiger partial charge is 0.364 e. The molecule has 3 aliphatic rings. The first-order chi connectivity index (χ1) is 10.6. The van der Waals surface area contributed by atoms with E-state index in [0.717, 1.165) is 12.8 Å². The second-order valence-electron chi connectivity index (χ2n) is 6.36. The van der Waals surface area contributed by atoms with Crippen molar-refractivity contribution in [2.75, 3.05) is 26.2 Å². The van der Waals surface area contributed by atoms with Crippen molar-refractivity contribution in [3.8, 4) is 6.07 Å². The van der Waals surface area contributed by atoms with Crippen molar-refractivity contribution in [3.63, 3.8) is 0 Å². The summed E-state index contributed by atoms with van der Waals surface area (Å²) >= 11 is 0. The minimum atomic E-state index is -0.860. The molecule has 0 aromatic rings. The van der Waals surface area contributed by atoms with E-state index in [1.807, 2.05) is 0 Å². The first kappa shape index (κ1) is 15.0. The van der Waals surface area contributed by atoms with E-state index in [4.69, 9.17) is 4.74 Å². The van der Waals surface area contributed by atoms with Gasteiger partial charge in [-0.25, -0.2) is 0 Å². The summed E-state index contributed by atoms with van der Waals surface area (Å²) in [5, 5.41) is 9.48. The van der Waals surface area contributed by atoms with Crippen LogP contribution in [0.4, 0.5) is 0 Å². The summed E-state index contributed by atoms with van der Waals surface area (Å²) < 4.78 is 5.60. The Morgan fingerprint density at radius 1 is 1.45 bits per heavy atom. The van der Waals surface area contributed by atoms with Crippen LogP contribution in [0.15, 0.2) is 12.7 Å². The van der Waals surface area contributed by atoms with E-state index >= 15 is 0 Å². The monoisotopic (exact) mass is 303 g/mol. The van der Waals surface area contributed by atoms with Crippen LogP contribution in [0.5, 0.6) is 0 Å². The fraction of sp³-hybridized carbons (Fsp3) is 0.688. The quantitative estimate of drug-likeness (QED) is 0.719. The van der Waals surface area contributed by atoms with Crippen LogP contribution in [-0.2, 0) is 14.3 Å². The van der Waals surface area contributed by atoms with Crippen molar-refractivity contribution in [1.82, 2.24) is 9.80 Å². The van der Waals surface area contributed by atoms with Gasteiger partial charge in [-0.1, -0.05) is 18.9 Å². The Bertz CT molecular complexity index is 533. The van der Waals surface area contributed by atoms with Crippen molar-refractivity contribution in [3.05, 3.63) is 12.7 Å². The van der Waals surface area contributed by atoms with Crippen molar-refractivity contribution in [2.45, 2.75) is 37.8 Å². The number of hydrogen-bond donors (Lipinski definition) is 0. The van der Waals surface area contributed by atoms with Crippen LogP contribution in [0.25, 0.3) is 0 Å².